The summed E-state index contributed by atoms with van der Waals surface area (Å²) in [6, 6.07) is 7.03. The number of nitrogens with zero attached hydrogens (tertiary/aromatic N) is 1. The molecular weight excluding hydrogens is 447 g/mol. The van der Waals surface area contributed by atoms with Crippen molar-refractivity contribution in [2.24, 2.45) is 11.7 Å². The quantitative estimate of drug-likeness (QED) is 0.502. The van der Waals surface area contributed by atoms with E-state index < -0.39 is 17.3 Å². The maximum Gasteiger partial charge on any atom is 0.419 e. The monoisotopic (exact) mass is 479 g/mol. The summed E-state index contributed by atoms with van der Waals surface area (Å²) in [7, 11) is 0. The van der Waals surface area contributed by atoms with Crippen LogP contribution in [0.2, 0.25) is 0 Å². The van der Waals surface area contributed by atoms with Crippen LogP contribution < -0.4 is 15.8 Å². The summed E-state index contributed by atoms with van der Waals surface area (Å²) in [6.45, 7) is 6.36. The third kappa shape index (κ3) is 7.43. The molecule has 9 heteroatoms. The zero-order valence-corrected chi connectivity index (χ0v) is 19.7. The zero-order valence-electron chi connectivity index (χ0n) is 19.7. The fraction of sp³-hybridized carbons (Fsp3) is 0.520. The van der Waals surface area contributed by atoms with Gasteiger partial charge in [0.15, 0.2) is 0 Å². The van der Waals surface area contributed by atoms with Gasteiger partial charge in [-0.3, -0.25) is 4.79 Å². The van der Waals surface area contributed by atoms with E-state index in [1.807, 2.05) is 13.8 Å². The molecule has 186 valence electrons. The number of alkyl halides is 3. The van der Waals surface area contributed by atoms with E-state index in [1.165, 1.54) is 12.3 Å². The molecule has 1 amide bonds. The van der Waals surface area contributed by atoms with Crippen molar-refractivity contribution >= 4 is 11.7 Å². The summed E-state index contributed by atoms with van der Waals surface area (Å²) in [5.41, 5.74) is 5.38. The van der Waals surface area contributed by atoms with E-state index in [0.717, 1.165) is 18.9 Å². The largest absolute Gasteiger partial charge is 0.491 e. The van der Waals surface area contributed by atoms with E-state index in [1.54, 1.807) is 25.1 Å². The number of nitrogens with one attached hydrogen (secondary N) is 1. The Morgan fingerprint density at radius 3 is 2.65 bits per heavy atom. The van der Waals surface area contributed by atoms with E-state index in [2.05, 4.69) is 10.3 Å². The summed E-state index contributed by atoms with van der Waals surface area (Å²) in [5.74, 6) is 0.0374. The Labute approximate surface area is 198 Å². The van der Waals surface area contributed by atoms with Crippen molar-refractivity contribution in [2.45, 2.75) is 64.3 Å². The Hall–Kier alpha value is -2.65. The first-order valence-electron chi connectivity index (χ1n) is 11.4. The molecule has 1 aromatic heterocycles. The lowest BCUT2D eigenvalue weighted by Gasteiger charge is -2.27. The van der Waals surface area contributed by atoms with Crippen LogP contribution in [0, 0.1) is 5.92 Å². The number of hydrogen-bond donors (Lipinski definition) is 2. The first kappa shape index (κ1) is 26.0. The van der Waals surface area contributed by atoms with E-state index in [0.29, 0.717) is 24.2 Å². The molecule has 0 aliphatic carbocycles. The molecular formula is C25H32F3N3O3. The van der Waals surface area contributed by atoms with Crippen molar-refractivity contribution < 1.29 is 27.4 Å². The van der Waals surface area contributed by atoms with Crippen LogP contribution in [0.25, 0.3) is 11.1 Å². The normalized spacial score (nSPS) is 18.1. The first-order valence-corrected chi connectivity index (χ1v) is 11.4. The number of aromatic nitrogens is 1. The van der Waals surface area contributed by atoms with Crippen LogP contribution in [0.1, 0.15) is 52.0 Å². The van der Waals surface area contributed by atoms with Crippen LogP contribution in [-0.2, 0) is 15.7 Å². The third-order valence-electron chi connectivity index (χ3n) is 5.51. The second-order valence-electron chi connectivity index (χ2n) is 9.57. The molecule has 0 bridgehead atoms. The second-order valence-corrected chi connectivity index (χ2v) is 9.57. The Morgan fingerprint density at radius 1 is 1.26 bits per heavy atom. The molecule has 1 unspecified atom stereocenters. The average Bonchev–Trinajstić information content (AvgIpc) is 3.23. The SMILES string of the molecule is CC(C)C[C@](C)(N)COc1ccc(-c2ccnc(NC(=O)CC3CCCO3)c2)cc1C(F)(F)F. The predicted octanol–water partition coefficient (Wildman–Crippen LogP) is 5.42. The second kappa shape index (κ2) is 10.7. The zero-order chi connectivity index (χ0) is 24.9. The molecule has 0 saturated carbocycles. The van der Waals surface area contributed by atoms with Gasteiger partial charge in [0.25, 0.3) is 0 Å². The molecule has 3 rings (SSSR count). The van der Waals surface area contributed by atoms with Crippen molar-refractivity contribution in [3.05, 3.63) is 42.1 Å². The van der Waals surface area contributed by atoms with Gasteiger partial charge in [0.05, 0.1) is 18.1 Å². The molecule has 0 radical (unpaired) electrons. The highest BCUT2D eigenvalue weighted by Gasteiger charge is 2.35. The van der Waals surface area contributed by atoms with Gasteiger partial charge in [0, 0.05) is 18.3 Å². The van der Waals surface area contributed by atoms with Gasteiger partial charge >= 0.3 is 6.18 Å². The van der Waals surface area contributed by atoms with Crippen LogP contribution in [0.4, 0.5) is 19.0 Å². The standard InChI is InChI=1S/C25H32F3N3O3/c1-16(2)14-24(3,29)15-34-21-7-6-17(11-20(21)25(26,27)28)18-8-9-30-22(12-18)31-23(32)13-19-5-4-10-33-19/h6-9,11-12,16,19H,4-5,10,13-15,29H2,1-3H3,(H,30,31,32)/t19?,24-/m0/s1. The maximum absolute atomic E-state index is 13.8. The van der Waals surface area contributed by atoms with Crippen molar-refractivity contribution in [2.75, 3.05) is 18.5 Å². The number of halogens is 3. The highest BCUT2D eigenvalue weighted by molar-refractivity contribution is 5.90. The lowest BCUT2D eigenvalue weighted by Crippen LogP contribution is -2.43. The lowest BCUT2D eigenvalue weighted by molar-refractivity contribution is -0.139. The fourth-order valence-electron chi connectivity index (χ4n) is 4.18. The topological polar surface area (TPSA) is 86.5 Å². The van der Waals surface area contributed by atoms with Crippen molar-refractivity contribution in [3.63, 3.8) is 0 Å². The molecule has 3 N–H and O–H groups in total. The molecule has 1 aromatic carbocycles. The molecule has 1 aliphatic heterocycles. The van der Waals surface area contributed by atoms with Gasteiger partial charge in [0.1, 0.15) is 18.2 Å². The summed E-state index contributed by atoms with van der Waals surface area (Å²) >= 11 is 0. The van der Waals surface area contributed by atoms with Gasteiger partial charge in [-0.2, -0.15) is 13.2 Å². The summed E-state index contributed by atoms with van der Waals surface area (Å²) in [5, 5.41) is 2.70. The predicted molar refractivity (Wildman–Crippen MR) is 124 cm³/mol. The Balaban J connectivity index is 1.77. The lowest BCUT2D eigenvalue weighted by atomic mass is 9.93. The van der Waals surface area contributed by atoms with E-state index >= 15 is 0 Å². The Kier molecular flexibility index (Phi) is 8.20. The summed E-state index contributed by atoms with van der Waals surface area (Å²) in [4.78, 5) is 16.4. The molecule has 2 aromatic rings. The van der Waals surface area contributed by atoms with Gasteiger partial charge in [-0.05, 0) is 67.5 Å². The highest BCUT2D eigenvalue weighted by atomic mass is 19.4. The molecule has 34 heavy (non-hydrogen) atoms. The average molecular weight is 480 g/mol. The smallest absolute Gasteiger partial charge is 0.419 e. The Morgan fingerprint density at radius 2 is 2.00 bits per heavy atom. The molecule has 1 aliphatic rings. The Bertz CT molecular complexity index is 987. The number of carbonyl (C=O) groups is 1. The minimum atomic E-state index is -4.61. The van der Waals surface area contributed by atoms with Crippen molar-refractivity contribution in [1.82, 2.24) is 4.98 Å². The highest BCUT2D eigenvalue weighted by Crippen LogP contribution is 2.39. The van der Waals surface area contributed by atoms with Crippen LogP contribution in [-0.4, -0.2) is 35.7 Å². The van der Waals surface area contributed by atoms with Crippen LogP contribution in [0.5, 0.6) is 5.75 Å². The molecule has 0 spiro atoms. The number of amides is 1. The number of nitrogens with two attached hydrogens (primary N) is 1. The molecule has 1 saturated heterocycles. The van der Waals surface area contributed by atoms with Crippen LogP contribution in [0.15, 0.2) is 36.5 Å². The number of benzene rings is 1. The number of rotatable bonds is 9. The van der Waals surface area contributed by atoms with Gasteiger partial charge in [-0.25, -0.2) is 4.98 Å². The van der Waals surface area contributed by atoms with Gasteiger partial charge < -0.3 is 20.5 Å². The van der Waals surface area contributed by atoms with Crippen molar-refractivity contribution in [3.8, 4) is 16.9 Å². The minimum absolute atomic E-state index is 0.0379. The van der Waals surface area contributed by atoms with E-state index in [9.17, 15) is 18.0 Å². The van der Waals surface area contributed by atoms with E-state index in [4.69, 9.17) is 15.2 Å². The number of ether oxygens (including phenoxy) is 2. The number of hydrogen-bond acceptors (Lipinski definition) is 5. The molecule has 1 fully saturated rings. The van der Waals surface area contributed by atoms with Crippen molar-refractivity contribution in [1.29, 1.82) is 0 Å². The molecule has 2 atom stereocenters. The molecule has 6 nitrogen and oxygen atoms in total. The van der Waals surface area contributed by atoms with Gasteiger partial charge in [0.2, 0.25) is 5.91 Å². The fourth-order valence-corrected chi connectivity index (χ4v) is 4.18. The first-order chi connectivity index (χ1) is 15.9. The number of pyridine rings is 1. The van der Waals surface area contributed by atoms with Gasteiger partial charge in [-0.15, -0.1) is 0 Å². The van der Waals surface area contributed by atoms with Crippen LogP contribution >= 0.6 is 0 Å². The number of anilines is 1. The maximum atomic E-state index is 13.8. The minimum Gasteiger partial charge on any atom is -0.491 e. The third-order valence-corrected chi connectivity index (χ3v) is 5.51. The summed E-state index contributed by atoms with van der Waals surface area (Å²) in [6.07, 6.45) is -0.690. The van der Waals surface area contributed by atoms with Crippen LogP contribution in [0.3, 0.4) is 0 Å². The van der Waals surface area contributed by atoms with Gasteiger partial charge in [-0.1, -0.05) is 19.9 Å². The number of carbonyl (C=O) groups excluding carboxylic acids is 1. The summed E-state index contributed by atoms with van der Waals surface area (Å²) < 4.78 is 52.5. The molecule has 2 heterocycles. The van der Waals surface area contributed by atoms with E-state index in [-0.39, 0.29) is 42.5 Å².